The van der Waals surface area contributed by atoms with Gasteiger partial charge in [-0.25, -0.2) is 0 Å². The van der Waals surface area contributed by atoms with Gasteiger partial charge in [-0.05, 0) is 31.5 Å². The van der Waals surface area contributed by atoms with Crippen molar-refractivity contribution in [3.8, 4) is 0 Å². The van der Waals surface area contributed by atoms with E-state index in [1.54, 1.807) is 4.90 Å². The van der Waals surface area contributed by atoms with E-state index in [0.717, 1.165) is 25.7 Å². The molecule has 27 heavy (non-hydrogen) atoms. The molecule has 2 rings (SSSR count). The first kappa shape index (κ1) is 22.9. The Labute approximate surface area is 165 Å². The van der Waals surface area contributed by atoms with E-state index in [1.165, 1.54) is 24.3 Å². The van der Waals surface area contributed by atoms with Crippen molar-refractivity contribution in [3.63, 3.8) is 0 Å². The van der Waals surface area contributed by atoms with Gasteiger partial charge in [0, 0.05) is 50.3 Å². The van der Waals surface area contributed by atoms with E-state index in [0.29, 0.717) is 44.7 Å². The monoisotopic (exact) mass is 398 g/mol. The summed E-state index contributed by atoms with van der Waals surface area (Å²) < 4.78 is 0. The van der Waals surface area contributed by atoms with Crippen LogP contribution in [-0.2, 0) is 4.79 Å². The first-order chi connectivity index (χ1) is 12.5. The van der Waals surface area contributed by atoms with Crippen LogP contribution in [0.4, 0.5) is 5.69 Å². The fourth-order valence-corrected chi connectivity index (χ4v) is 3.00. The number of benzene rings is 1. The standard InChI is InChI=1S/C18H26N4O4.ClH/c19-10-4-2-1-3-5-17(23)20-11-13-21(14-12-20)18(24)15-6-8-16(9-7-15)22(25)26;/h6-9H,1-5,10-14,19H2;1H. The van der Waals surface area contributed by atoms with Crippen LogP contribution in [0.5, 0.6) is 0 Å². The van der Waals surface area contributed by atoms with Crippen LogP contribution in [0, 0.1) is 10.1 Å². The van der Waals surface area contributed by atoms with Crippen LogP contribution < -0.4 is 5.73 Å². The van der Waals surface area contributed by atoms with Crippen LogP contribution in [-0.4, -0.2) is 59.3 Å². The van der Waals surface area contributed by atoms with E-state index < -0.39 is 4.92 Å². The summed E-state index contributed by atoms with van der Waals surface area (Å²) in [7, 11) is 0. The van der Waals surface area contributed by atoms with E-state index in [1.807, 2.05) is 4.90 Å². The molecule has 2 amide bonds. The van der Waals surface area contributed by atoms with Gasteiger partial charge in [0.1, 0.15) is 0 Å². The molecule has 1 aromatic rings. The minimum atomic E-state index is -0.491. The van der Waals surface area contributed by atoms with Gasteiger partial charge in [0.15, 0.2) is 0 Å². The number of nitrogens with two attached hydrogens (primary N) is 1. The number of amides is 2. The van der Waals surface area contributed by atoms with Crippen LogP contribution in [0.3, 0.4) is 0 Å². The lowest BCUT2D eigenvalue weighted by Crippen LogP contribution is -2.50. The molecule has 0 radical (unpaired) electrons. The Morgan fingerprint density at radius 2 is 1.52 bits per heavy atom. The number of rotatable bonds is 8. The number of piperazine rings is 1. The molecule has 0 atom stereocenters. The molecule has 1 saturated heterocycles. The third-order valence-corrected chi connectivity index (χ3v) is 4.59. The van der Waals surface area contributed by atoms with Crippen LogP contribution in [0.2, 0.25) is 0 Å². The number of hydrogen-bond donors (Lipinski definition) is 1. The Kier molecular flexibility index (Phi) is 9.74. The quantitative estimate of drug-likeness (QED) is 0.410. The van der Waals surface area contributed by atoms with Gasteiger partial charge in [0.2, 0.25) is 5.91 Å². The first-order valence-corrected chi connectivity index (χ1v) is 9.04. The Bertz CT molecular complexity index is 631. The molecule has 9 heteroatoms. The Hall–Kier alpha value is -2.19. The van der Waals surface area contributed by atoms with Crippen molar-refractivity contribution in [2.45, 2.75) is 32.1 Å². The van der Waals surface area contributed by atoms with Gasteiger partial charge in [-0.3, -0.25) is 19.7 Å². The van der Waals surface area contributed by atoms with Gasteiger partial charge in [-0.2, -0.15) is 0 Å². The SMILES string of the molecule is Cl.NCCCCCCC(=O)N1CCN(C(=O)c2ccc([N+](=O)[O-])cc2)CC1. The summed E-state index contributed by atoms with van der Waals surface area (Å²) in [5.74, 6) is -0.0195. The fraction of sp³-hybridized carbons (Fsp3) is 0.556. The minimum Gasteiger partial charge on any atom is -0.339 e. The zero-order valence-electron chi connectivity index (χ0n) is 15.3. The Balaban J connectivity index is 0.00000364. The Morgan fingerprint density at radius 1 is 0.963 bits per heavy atom. The highest BCUT2D eigenvalue weighted by atomic mass is 35.5. The van der Waals surface area contributed by atoms with Crippen molar-refractivity contribution in [1.29, 1.82) is 0 Å². The molecule has 8 nitrogen and oxygen atoms in total. The van der Waals surface area contributed by atoms with E-state index >= 15 is 0 Å². The van der Waals surface area contributed by atoms with Crippen LogP contribution >= 0.6 is 12.4 Å². The normalized spacial score (nSPS) is 13.8. The lowest BCUT2D eigenvalue weighted by Gasteiger charge is -2.35. The predicted molar refractivity (Wildman–Crippen MR) is 105 cm³/mol. The third kappa shape index (κ3) is 6.80. The number of carbonyl (C=O) groups is 2. The van der Waals surface area contributed by atoms with E-state index in [-0.39, 0.29) is 29.9 Å². The number of unbranched alkanes of at least 4 members (excludes halogenated alkanes) is 3. The van der Waals surface area contributed by atoms with Crippen LogP contribution in [0.1, 0.15) is 42.5 Å². The van der Waals surface area contributed by atoms with Gasteiger partial charge in [-0.15, -0.1) is 12.4 Å². The number of nitrogens with zero attached hydrogens (tertiary/aromatic N) is 3. The van der Waals surface area contributed by atoms with Crippen LogP contribution in [0.15, 0.2) is 24.3 Å². The lowest BCUT2D eigenvalue weighted by molar-refractivity contribution is -0.384. The summed E-state index contributed by atoms with van der Waals surface area (Å²) in [5.41, 5.74) is 5.84. The average Bonchev–Trinajstić information content (AvgIpc) is 2.67. The summed E-state index contributed by atoms with van der Waals surface area (Å²) in [6.45, 7) is 2.71. The summed E-state index contributed by atoms with van der Waals surface area (Å²) in [5, 5.41) is 10.7. The van der Waals surface area contributed by atoms with E-state index in [2.05, 4.69) is 0 Å². The zero-order valence-corrected chi connectivity index (χ0v) is 16.2. The maximum absolute atomic E-state index is 12.5. The number of carbonyl (C=O) groups excluding carboxylic acids is 2. The third-order valence-electron chi connectivity index (χ3n) is 4.59. The highest BCUT2D eigenvalue weighted by molar-refractivity contribution is 5.94. The molecule has 2 N–H and O–H groups in total. The topological polar surface area (TPSA) is 110 Å². The highest BCUT2D eigenvalue weighted by Gasteiger charge is 2.24. The second-order valence-electron chi connectivity index (χ2n) is 6.43. The van der Waals surface area contributed by atoms with Crippen LogP contribution in [0.25, 0.3) is 0 Å². The summed E-state index contributed by atoms with van der Waals surface area (Å²) >= 11 is 0. The van der Waals surface area contributed by atoms with Gasteiger partial charge < -0.3 is 15.5 Å². The van der Waals surface area contributed by atoms with Gasteiger partial charge in [-0.1, -0.05) is 12.8 Å². The number of nitro groups is 1. The molecule has 1 heterocycles. The number of non-ortho nitro benzene ring substituents is 1. The van der Waals surface area contributed by atoms with Gasteiger partial charge in [0.25, 0.3) is 11.6 Å². The highest BCUT2D eigenvalue weighted by Crippen LogP contribution is 2.15. The van der Waals surface area contributed by atoms with Crippen molar-refractivity contribution < 1.29 is 14.5 Å². The maximum atomic E-state index is 12.5. The molecular formula is C18H27ClN4O4. The molecule has 1 aliphatic rings. The first-order valence-electron chi connectivity index (χ1n) is 9.04. The van der Waals surface area contributed by atoms with Crippen molar-refractivity contribution in [3.05, 3.63) is 39.9 Å². The predicted octanol–water partition coefficient (Wildman–Crippen LogP) is 2.21. The smallest absolute Gasteiger partial charge is 0.269 e. The fourth-order valence-electron chi connectivity index (χ4n) is 3.00. The summed E-state index contributed by atoms with van der Waals surface area (Å²) in [6, 6.07) is 5.61. The summed E-state index contributed by atoms with van der Waals surface area (Å²) in [4.78, 5) is 38.4. The number of nitro benzene ring substituents is 1. The molecule has 1 fully saturated rings. The molecular weight excluding hydrogens is 372 g/mol. The van der Waals surface area contributed by atoms with Crippen molar-refractivity contribution >= 4 is 29.9 Å². The van der Waals surface area contributed by atoms with E-state index in [4.69, 9.17) is 5.73 Å². The molecule has 0 spiro atoms. The molecule has 0 saturated carbocycles. The van der Waals surface area contributed by atoms with Gasteiger partial charge >= 0.3 is 0 Å². The van der Waals surface area contributed by atoms with Crippen molar-refractivity contribution in [2.75, 3.05) is 32.7 Å². The second-order valence-corrected chi connectivity index (χ2v) is 6.43. The summed E-state index contributed by atoms with van der Waals surface area (Å²) in [6.07, 6.45) is 4.49. The molecule has 0 unspecified atom stereocenters. The largest absolute Gasteiger partial charge is 0.339 e. The molecule has 0 bridgehead atoms. The van der Waals surface area contributed by atoms with Gasteiger partial charge in [0.05, 0.1) is 4.92 Å². The molecule has 150 valence electrons. The lowest BCUT2D eigenvalue weighted by atomic mass is 10.1. The molecule has 0 aliphatic carbocycles. The molecule has 0 aromatic heterocycles. The minimum absolute atomic E-state index is 0. The average molecular weight is 399 g/mol. The van der Waals surface area contributed by atoms with Crippen molar-refractivity contribution in [2.24, 2.45) is 5.73 Å². The maximum Gasteiger partial charge on any atom is 0.269 e. The zero-order chi connectivity index (χ0) is 18.9. The Morgan fingerprint density at radius 3 is 2.07 bits per heavy atom. The number of hydrogen-bond acceptors (Lipinski definition) is 5. The van der Waals surface area contributed by atoms with E-state index in [9.17, 15) is 19.7 Å². The second kappa shape index (κ2) is 11.5. The number of halogens is 1. The molecule has 1 aromatic carbocycles. The molecule has 1 aliphatic heterocycles. The van der Waals surface area contributed by atoms with Crippen molar-refractivity contribution in [1.82, 2.24) is 9.80 Å².